The smallest absolute Gasteiger partial charge is 0.161 e. The van der Waals surface area contributed by atoms with Gasteiger partial charge >= 0.3 is 0 Å². The lowest BCUT2D eigenvalue weighted by Gasteiger charge is -2.08. The summed E-state index contributed by atoms with van der Waals surface area (Å²) in [5.74, 6) is 2.37. The van der Waals surface area contributed by atoms with Crippen molar-refractivity contribution in [2.75, 3.05) is 13.7 Å². The lowest BCUT2D eigenvalue weighted by atomic mass is 10.3. The fourth-order valence-corrected chi connectivity index (χ4v) is 1.17. The molecule has 2 rings (SSSR count). The quantitative estimate of drug-likeness (QED) is 0.702. The first-order valence-corrected chi connectivity index (χ1v) is 4.57. The molecular formula is C11H13O2. The molecule has 1 aliphatic carbocycles. The van der Waals surface area contributed by atoms with Gasteiger partial charge in [0, 0.05) is 0 Å². The van der Waals surface area contributed by atoms with Gasteiger partial charge in [-0.05, 0) is 37.0 Å². The first-order chi connectivity index (χ1) is 6.40. The third kappa shape index (κ3) is 2.14. The number of benzene rings is 1. The maximum absolute atomic E-state index is 5.61. The van der Waals surface area contributed by atoms with E-state index < -0.39 is 0 Å². The number of hydrogen-bond acceptors (Lipinski definition) is 2. The average Bonchev–Trinajstić information content (AvgIpc) is 2.99. The van der Waals surface area contributed by atoms with Crippen LogP contribution in [0.5, 0.6) is 11.5 Å². The molecule has 1 aromatic rings. The van der Waals surface area contributed by atoms with Crippen LogP contribution in [0, 0.1) is 12.0 Å². The Bertz CT molecular complexity index is 279. The van der Waals surface area contributed by atoms with Crippen molar-refractivity contribution >= 4 is 0 Å². The van der Waals surface area contributed by atoms with Gasteiger partial charge in [-0.3, -0.25) is 0 Å². The van der Waals surface area contributed by atoms with E-state index in [1.165, 1.54) is 12.8 Å². The molecule has 0 saturated heterocycles. The zero-order valence-corrected chi connectivity index (χ0v) is 7.75. The first-order valence-electron chi connectivity index (χ1n) is 4.57. The van der Waals surface area contributed by atoms with Crippen LogP contribution in [0.15, 0.2) is 18.2 Å². The molecule has 0 amide bonds. The predicted octanol–water partition coefficient (Wildman–Crippen LogP) is 2.28. The van der Waals surface area contributed by atoms with Crippen LogP contribution >= 0.6 is 0 Å². The van der Waals surface area contributed by atoms with Gasteiger partial charge in [0.25, 0.3) is 0 Å². The monoisotopic (exact) mass is 177 g/mol. The van der Waals surface area contributed by atoms with Crippen LogP contribution in [-0.2, 0) is 0 Å². The van der Waals surface area contributed by atoms with Crippen LogP contribution in [-0.4, -0.2) is 13.7 Å². The van der Waals surface area contributed by atoms with Gasteiger partial charge in [0.15, 0.2) is 11.5 Å². The van der Waals surface area contributed by atoms with E-state index in [4.69, 9.17) is 9.47 Å². The van der Waals surface area contributed by atoms with Crippen molar-refractivity contribution < 1.29 is 9.47 Å². The first kappa shape index (κ1) is 8.42. The average molecular weight is 177 g/mol. The maximum atomic E-state index is 5.61. The van der Waals surface area contributed by atoms with Crippen LogP contribution in [0.25, 0.3) is 0 Å². The summed E-state index contributed by atoms with van der Waals surface area (Å²) in [5, 5.41) is 0. The van der Waals surface area contributed by atoms with E-state index in [2.05, 4.69) is 6.07 Å². The van der Waals surface area contributed by atoms with Gasteiger partial charge < -0.3 is 9.47 Å². The second-order valence-electron chi connectivity index (χ2n) is 3.33. The highest BCUT2D eigenvalue weighted by atomic mass is 16.5. The number of rotatable bonds is 4. The van der Waals surface area contributed by atoms with E-state index >= 15 is 0 Å². The molecule has 0 bridgehead atoms. The molecule has 0 aliphatic heterocycles. The Balaban J connectivity index is 1.99. The molecule has 0 unspecified atom stereocenters. The standard InChI is InChI=1S/C11H13O2/c1-12-10-4-2-3-5-11(10)13-8-9-6-7-9/h3-5,9H,6-8H2,1H3. The minimum atomic E-state index is 0.767. The van der Waals surface area contributed by atoms with Crippen LogP contribution < -0.4 is 9.47 Å². The topological polar surface area (TPSA) is 18.5 Å². The van der Waals surface area contributed by atoms with Crippen LogP contribution in [0.2, 0.25) is 0 Å². The minimum absolute atomic E-state index is 0.767. The zero-order valence-electron chi connectivity index (χ0n) is 7.75. The molecule has 2 nitrogen and oxygen atoms in total. The van der Waals surface area contributed by atoms with Gasteiger partial charge in [-0.25, -0.2) is 0 Å². The van der Waals surface area contributed by atoms with Crippen molar-refractivity contribution in [1.29, 1.82) is 0 Å². The lowest BCUT2D eigenvalue weighted by Crippen LogP contribution is -2.00. The summed E-state index contributed by atoms with van der Waals surface area (Å²) in [6, 6.07) is 8.47. The van der Waals surface area contributed by atoms with Gasteiger partial charge in [0.1, 0.15) is 0 Å². The fraction of sp³-hybridized carbons (Fsp3) is 0.455. The highest BCUT2D eigenvalue weighted by Crippen LogP contribution is 2.32. The second-order valence-corrected chi connectivity index (χ2v) is 3.33. The Morgan fingerprint density at radius 1 is 1.46 bits per heavy atom. The van der Waals surface area contributed by atoms with E-state index in [1.807, 2.05) is 12.1 Å². The summed E-state index contributed by atoms with van der Waals surface area (Å²) < 4.78 is 10.7. The number of hydrogen-bond donors (Lipinski definition) is 0. The molecule has 13 heavy (non-hydrogen) atoms. The summed E-state index contributed by atoms with van der Waals surface area (Å²) >= 11 is 0. The highest BCUT2D eigenvalue weighted by Gasteiger charge is 2.22. The van der Waals surface area contributed by atoms with Gasteiger partial charge in [-0.15, -0.1) is 0 Å². The summed E-state index contributed by atoms with van der Waals surface area (Å²) in [6.07, 6.45) is 2.61. The van der Waals surface area contributed by atoms with Gasteiger partial charge in [0.05, 0.1) is 13.7 Å². The van der Waals surface area contributed by atoms with Gasteiger partial charge in [-0.2, -0.15) is 0 Å². The van der Waals surface area contributed by atoms with Gasteiger partial charge in [0.2, 0.25) is 0 Å². The van der Waals surface area contributed by atoms with E-state index in [-0.39, 0.29) is 0 Å². The fourth-order valence-electron chi connectivity index (χ4n) is 1.17. The van der Waals surface area contributed by atoms with Crippen LogP contribution in [0.4, 0.5) is 0 Å². The highest BCUT2D eigenvalue weighted by molar-refractivity contribution is 5.38. The van der Waals surface area contributed by atoms with Crippen molar-refractivity contribution in [2.24, 2.45) is 5.92 Å². The largest absolute Gasteiger partial charge is 0.493 e. The van der Waals surface area contributed by atoms with Gasteiger partial charge in [-0.1, -0.05) is 6.07 Å². The molecule has 69 valence electrons. The van der Waals surface area contributed by atoms with Crippen LogP contribution in [0.3, 0.4) is 0 Å². The van der Waals surface area contributed by atoms with Crippen molar-refractivity contribution in [3.8, 4) is 11.5 Å². The molecule has 0 heterocycles. The predicted molar refractivity (Wildman–Crippen MR) is 50.0 cm³/mol. The Hall–Kier alpha value is -1.18. The summed E-state index contributed by atoms with van der Waals surface area (Å²) in [6.45, 7) is 0.820. The van der Waals surface area contributed by atoms with Crippen molar-refractivity contribution in [3.05, 3.63) is 24.3 Å². The Morgan fingerprint density at radius 2 is 2.31 bits per heavy atom. The van der Waals surface area contributed by atoms with Crippen molar-refractivity contribution in [1.82, 2.24) is 0 Å². The third-order valence-electron chi connectivity index (χ3n) is 2.18. The molecular weight excluding hydrogens is 164 g/mol. The Morgan fingerprint density at radius 3 is 3.00 bits per heavy atom. The zero-order chi connectivity index (χ0) is 9.10. The molecule has 1 aromatic carbocycles. The molecule has 0 aromatic heterocycles. The summed E-state index contributed by atoms with van der Waals surface area (Å²) in [5.41, 5.74) is 0. The third-order valence-corrected chi connectivity index (χ3v) is 2.18. The number of methoxy groups -OCH3 is 1. The Labute approximate surface area is 78.5 Å². The van der Waals surface area contributed by atoms with E-state index in [1.54, 1.807) is 13.2 Å². The van der Waals surface area contributed by atoms with Crippen molar-refractivity contribution in [3.63, 3.8) is 0 Å². The molecule has 1 aliphatic rings. The molecule has 0 atom stereocenters. The molecule has 2 heteroatoms. The van der Waals surface area contributed by atoms with E-state index in [0.29, 0.717) is 0 Å². The Kier molecular flexibility index (Phi) is 2.39. The number of ether oxygens (including phenoxy) is 2. The molecule has 0 N–H and O–H groups in total. The van der Waals surface area contributed by atoms with Crippen LogP contribution in [0.1, 0.15) is 12.8 Å². The molecule has 1 radical (unpaired) electrons. The van der Waals surface area contributed by atoms with E-state index in [0.717, 1.165) is 24.0 Å². The molecule has 1 saturated carbocycles. The van der Waals surface area contributed by atoms with E-state index in [9.17, 15) is 0 Å². The SMILES string of the molecule is COc1c[c]ccc1OCC1CC1. The molecule has 1 fully saturated rings. The normalized spacial score (nSPS) is 15.5. The minimum Gasteiger partial charge on any atom is -0.493 e. The van der Waals surface area contributed by atoms with Crippen molar-refractivity contribution in [2.45, 2.75) is 12.8 Å². The second kappa shape index (κ2) is 3.69. The summed E-state index contributed by atoms with van der Waals surface area (Å²) in [7, 11) is 1.65. The lowest BCUT2D eigenvalue weighted by molar-refractivity contribution is 0.280. The molecule has 0 spiro atoms. The summed E-state index contributed by atoms with van der Waals surface area (Å²) in [4.78, 5) is 0. The maximum Gasteiger partial charge on any atom is 0.161 e.